The van der Waals surface area contributed by atoms with E-state index >= 15 is 0 Å². The molecule has 2 atom stereocenters. The molecule has 0 radical (unpaired) electrons. The number of methoxy groups -OCH3 is 2. The molecule has 2 N–H and O–H groups in total. The molecule has 1 rings (SSSR count). The molecule has 0 amide bonds. The molecule has 0 unspecified atom stereocenters. The number of rotatable bonds is 5. The first-order valence-corrected chi connectivity index (χ1v) is 5.09. The molecule has 0 heterocycles. The van der Waals surface area contributed by atoms with Gasteiger partial charge in [-0.2, -0.15) is 0 Å². The van der Waals surface area contributed by atoms with E-state index in [1.165, 1.54) is 7.11 Å². The topological polar surface area (TPSA) is 76.0 Å². The molecule has 1 aromatic rings. The predicted octanol–water partition coefficient (Wildman–Crippen LogP) is 0.0545. The fourth-order valence-electron chi connectivity index (χ4n) is 1.57. The fourth-order valence-corrected chi connectivity index (χ4v) is 1.57. The largest absolute Gasteiger partial charge is 0.467 e. The van der Waals surface area contributed by atoms with Crippen LogP contribution in [-0.2, 0) is 19.9 Å². The highest BCUT2D eigenvalue weighted by molar-refractivity contribution is 5.76. The van der Waals surface area contributed by atoms with E-state index in [0.29, 0.717) is 5.56 Å². The number of carbonyl (C=O) groups excluding carboxylic acids is 1. The molecule has 0 spiro atoms. The first kappa shape index (κ1) is 13.6. The monoisotopic (exact) mass is 240 g/mol. The SMILES string of the molecule is COC[C@@](O)(c1ccccc1)[C@@H](O)C(=O)OC. The lowest BCUT2D eigenvalue weighted by atomic mass is 9.89. The van der Waals surface area contributed by atoms with Gasteiger partial charge in [0.1, 0.15) is 5.60 Å². The van der Waals surface area contributed by atoms with E-state index in [2.05, 4.69) is 4.74 Å². The van der Waals surface area contributed by atoms with E-state index in [-0.39, 0.29) is 6.61 Å². The zero-order chi connectivity index (χ0) is 12.9. The summed E-state index contributed by atoms with van der Waals surface area (Å²) in [4.78, 5) is 11.3. The molecule has 0 aliphatic heterocycles. The predicted molar refractivity (Wildman–Crippen MR) is 60.2 cm³/mol. The smallest absolute Gasteiger partial charge is 0.338 e. The van der Waals surface area contributed by atoms with Crippen molar-refractivity contribution < 1.29 is 24.5 Å². The van der Waals surface area contributed by atoms with Crippen LogP contribution in [0.3, 0.4) is 0 Å². The van der Waals surface area contributed by atoms with Gasteiger partial charge in [-0.3, -0.25) is 0 Å². The second kappa shape index (κ2) is 5.77. The van der Waals surface area contributed by atoms with Crippen molar-refractivity contribution in [3.05, 3.63) is 35.9 Å². The maximum Gasteiger partial charge on any atom is 0.338 e. The maximum atomic E-state index is 11.3. The Morgan fingerprint density at radius 3 is 2.41 bits per heavy atom. The van der Waals surface area contributed by atoms with E-state index in [4.69, 9.17) is 4.74 Å². The molecule has 1 aromatic carbocycles. The van der Waals surface area contributed by atoms with Gasteiger partial charge < -0.3 is 19.7 Å². The molecule has 17 heavy (non-hydrogen) atoms. The van der Waals surface area contributed by atoms with Crippen molar-refractivity contribution in [1.29, 1.82) is 0 Å². The summed E-state index contributed by atoms with van der Waals surface area (Å²) in [5.41, 5.74) is -1.43. The molecule has 0 bridgehead atoms. The number of carbonyl (C=O) groups is 1. The molecule has 5 heteroatoms. The molecule has 0 fully saturated rings. The van der Waals surface area contributed by atoms with Crippen LogP contribution >= 0.6 is 0 Å². The fraction of sp³-hybridized carbons (Fsp3) is 0.417. The van der Waals surface area contributed by atoms with E-state index in [0.717, 1.165) is 7.11 Å². The number of ether oxygens (including phenoxy) is 2. The molecular formula is C12H16O5. The number of hydrogen-bond acceptors (Lipinski definition) is 5. The van der Waals surface area contributed by atoms with Crippen molar-refractivity contribution in [2.24, 2.45) is 0 Å². The zero-order valence-corrected chi connectivity index (χ0v) is 9.79. The lowest BCUT2D eigenvalue weighted by Gasteiger charge is -2.31. The second-order valence-electron chi connectivity index (χ2n) is 3.65. The average Bonchev–Trinajstić information content (AvgIpc) is 2.38. The zero-order valence-electron chi connectivity index (χ0n) is 9.79. The standard InChI is InChI=1S/C12H16O5/c1-16-8-12(15,10(13)11(14)17-2)9-6-4-3-5-7-9/h3-7,10,13,15H,8H2,1-2H3/t10-,12+/m0/s1. The van der Waals surface area contributed by atoms with Crippen molar-refractivity contribution in [2.75, 3.05) is 20.8 Å². The van der Waals surface area contributed by atoms with Gasteiger partial charge in [-0.15, -0.1) is 0 Å². The van der Waals surface area contributed by atoms with Crippen LogP contribution in [0.5, 0.6) is 0 Å². The normalized spacial score (nSPS) is 16.0. The molecular weight excluding hydrogens is 224 g/mol. The van der Waals surface area contributed by atoms with E-state index < -0.39 is 17.7 Å². The van der Waals surface area contributed by atoms with Crippen molar-refractivity contribution in [3.8, 4) is 0 Å². The van der Waals surface area contributed by atoms with E-state index in [9.17, 15) is 15.0 Å². The summed E-state index contributed by atoms with van der Waals surface area (Å²) in [5.74, 6) is -0.909. The number of hydrogen-bond donors (Lipinski definition) is 2. The second-order valence-corrected chi connectivity index (χ2v) is 3.65. The number of esters is 1. The van der Waals surface area contributed by atoms with Gasteiger partial charge in [0.25, 0.3) is 0 Å². The average molecular weight is 240 g/mol. The van der Waals surface area contributed by atoms with Crippen LogP contribution in [0.15, 0.2) is 30.3 Å². The van der Waals surface area contributed by atoms with Crippen LogP contribution in [0, 0.1) is 0 Å². The number of benzene rings is 1. The van der Waals surface area contributed by atoms with Gasteiger partial charge in [-0.05, 0) is 5.56 Å². The van der Waals surface area contributed by atoms with E-state index in [1.807, 2.05) is 0 Å². The Labute approximate surface area is 99.6 Å². The van der Waals surface area contributed by atoms with Crippen molar-refractivity contribution in [1.82, 2.24) is 0 Å². The van der Waals surface area contributed by atoms with Crippen LogP contribution in [0.1, 0.15) is 5.56 Å². The van der Waals surface area contributed by atoms with Crippen LogP contribution in [0.4, 0.5) is 0 Å². The highest BCUT2D eigenvalue weighted by Gasteiger charge is 2.42. The highest BCUT2D eigenvalue weighted by atomic mass is 16.5. The summed E-state index contributed by atoms with van der Waals surface area (Å²) in [7, 11) is 2.52. The highest BCUT2D eigenvalue weighted by Crippen LogP contribution is 2.26. The molecule has 0 aromatic heterocycles. The van der Waals surface area contributed by atoms with Gasteiger partial charge in [-0.25, -0.2) is 4.79 Å². The third kappa shape index (κ3) is 2.82. The maximum absolute atomic E-state index is 11.3. The number of aliphatic hydroxyl groups excluding tert-OH is 1. The van der Waals surface area contributed by atoms with Crippen molar-refractivity contribution in [3.63, 3.8) is 0 Å². The molecule has 0 saturated heterocycles. The Balaban J connectivity index is 3.09. The van der Waals surface area contributed by atoms with Crippen molar-refractivity contribution >= 4 is 5.97 Å². The molecule has 5 nitrogen and oxygen atoms in total. The van der Waals surface area contributed by atoms with Crippen LogP contribution in [-0.4, -0.2) is 43.1 Å². The minimum absolute atomic E-state index is 0.215. The summed E-state index contributed by atoms with van der Waals surface area (Å²) in [6.45, 7) is -0.215. The van der Waals surface area contributed by atoms with Gasteiger partial charge in [0.2, 0.25) is 0 Å². The van der Waals surface area contributed by atoms with Gasteiger partial charge in [0.15, 0.2) is 6.10 Å². The van der Waals surface area contributed by atoms with Gasteiger partial charge in [0, 0.05) is 7.11 Å². The lowest BCUT2D eigenvalue weighted by Crippen LogP contribution is -2.48. The van der Waals surface area contributed by atoms with Crippen LogP contribution in [0.25, 0.3) is 0 Å². The minimum Gasteiger partial charge on any atom is -0.467 e. The Kier molecular flexibility index (Phi) is 4.62. The van der Waals surface area contributed by atoms with Crippen LogP contribution in [0.2, 0.25) is 0 Å². The van der Waals surface area contributed by atoms with Gasteiger partial charge >= 0.3 is 5.97 Å². The first-order chi connectivity index (χ1) is 8.06. The third-order valence-electron chi connectivity index (χ3n) is 2.51. The summed E-state index contributed by atoms with van der Waals surface area (Å²) in [5, 5.41) is 20.2. The summed E-state index contributed by atoms with van der Waals surface area (Å²) >= 11 is 0. The minimum atomic E-state index is -1.82. The Bertz CT molecular complexity index is 364. The number of aliphatic hydroxyl groups is 2. The van der Waals surface area contributed by atoms with Crippen LogP contribution < -0.4 is 0 Å². The quantitative estimate of drug-likeness (QED) is 0.711. The Hall–Kier alpha value is -1.43. The summed E-state index contributed by atoms with van der Waals surface area (Å²) in [6.07, 6.45) is -1.70. The van der Waals surface area contributed by atoms with Gasteiger partial charge in [-0.1, -0.05) is 30.3 Å². The van der Waals surface area contributed by atoms with Gasteiger partial charge in [0.05, 0.1) is 13.7 Å². The van der Waals surface area contributed by atoms with E-state index in [1.54, 1.807) is 30.3 Å². The van der Waals surface area contributed by atoms with Crippen molar-refractivity contribution in [2.45, 2.75) is 11.7 Å². The summed E-state index contributed by atoms with van der Waals surface area (Å²) < 4.78 is 9.28. The molecule has 94 valence electrons. The molecule has 0 saturated carbocycles. The lowest BCUT2D eigenvalue weighted by molar-refractivity contribution is -0.175. The summed E-state index contributed by atoms with van der Waals surface area (Å²) in [6, 6.07) is 8.36. The molecule has 0 aliphatic carbocycles. The molecule has 0 aliphatic rings. The first-order valence-electron chi connectivity index (χ1n) is 5.09. The Morgan fingerprint density at radius 2 is 1.94 bits per heavy atom. The third-order valence-corrected chi connectivity index (χ3v) is 2.51. The Morgan fingerprint density at radius 1 is 1.35 bits per heavy atom.